The van der Waals surface area contributed by atoms with Gasteiger partial charge in [-0.2, -0.15) is 0 Å². The zero-order chi connectivity index (χ0) is 12.0. The minimum Gasteiger partial charge on any atom is -0.365 e. The third kappa shape index (κ3) is 1.65. The van der Waals surface area contributed by atoms with Crippen molar-refractivity contribution in [2.75, 3.05) is 0 Å². The molecule has 0 bridgehead atoms. The van der Waals surface area contributed by atoms with Gasteiger partial charge in [-0.05, 0) is 47.7 Å². The third-order valence-electron chi connectivity index (χ3n) is 3.03. The Morgan fingerprint density at radius 3 is 2.76 bits per heavy atom. The third-order valence-corrected chi connectivity index (χ3v) is 4.25. The topological polar surface area (TPSA) is 43.1 Å². The first-order valence-corrected chi connectivity index (χ1v) is 6.18. The molecule has 1 aliphatic carbocycles. The van der Waals surface area contributed by atoms with Crippen molar-refractivity contribution in [3.05, 3.63) is 46.1 Å². The molecule has 2 nitrogen and oxygen atoms in total. The number of amides is 1. The first-order valence-electron chi connectivity index (χ1n) is 5.36. The summed E-state index contributed by atoms with van der Waals surface area (Å²) in [6, 6.07) is 6.66. The van der Waals surface area contributed by atoms with Crippen molar-refractivity contribution in [2.24, 2.45) is 5.73 Å². The van der Waals surface area contributed by atoms with E-state index in [-0.39, 0.29) is 5.82 Å². The number of carbonyl (C=O) groups is 1. The highest BCUT2D eigenvalue weighted by Crippen LogP contribution is 2.39. The van der Waals surface area contributed by atoms with Gasteiger partial charge in [-0.25, -0.2) is 4.39 Å². The Labute approximate surface area is 102 Å². The number of rotatable bonds is 1. The van der Waals surface area contributed by atoms with Gasteiger partial charge in [0.1, 0.15) is 5.82 Å². The minimum absolute atomic E-state index is 0.209. The molecule has 0 spiro atoms. The van der Waals surface area contributed by atoms with Crippen molar-refractivity contribution >= 4 is 17.2 Å². The molecule has 86 valence electrons. The highest BCUT2D eigenvalue weighted by atomic mass is 32.1. The van der Waals surface area contributed by atoms with E-state index in [9.17, 15) is 9.18 Å². The van der Waals surface area contributed by atoms with E-state index in [1.165, 1.54) is 17.4 Å². The van der Waals surface area contributed by atoms with E-state index < -0.39 is 5.91 Å². The average molecular weight is 247 g/mol. The molecular weight excluding hydrogens is 237 g/mol. The number of fused-ring (bicyclic) bond motifs is 3. The van der Waals surface area contributed by atoms with E-state index in [0.717, 1.165) is 34.4 Å². The predicted molar refractivity (Wildman–Crippen MR) is 65.6 cm³/mol. The molecule has 0 fully saturated rings. The maximum Gasteiger partial charge on any atom is 0.258 e. The van der Waals surface area contributed by atoms with Crippen LogP contribution in [0.4, 0.5) is 4.39 Å². The SMILES string of the molecule is NC(=O)c1cc2c(s1)-c1ccc(F)cc1CC2. The van der Waals surface area contributed by atoms with Crippen LogP contribution in [-0.4, -0.2) is 5.91 Å². The molecule has 0 aliphatic heterocycles. The summed E-state index contributed by atoms with van der Waals surface area (Å²) < 4.78 is 13.1. The van der Waals surface area contributed by atoms with Crippen molar-refractivity contribution in [1.82, 2.24) is 0 Å². The van der Waals surface area contributed by atoms with E-state index in [1.807, 2.05) is 6.07 Å². The summed E-state index contributed by atoms with van der Waals surface area (Å²) >= 11 is 1.39. The van der Waals surface area contributed by atoms with Crippen molar-refractivity contribution in [3.8, 4) is 10.4 Å². The summed E-state index contributed by atoms with van der Waals surface area (Å²) in [4.78, 5) is 12.8. The number of nitrogens with two attached hydrogens (primary N) is 1. The van der Waals surface area contributed by atoms with Gasteiger partial charge in [0.15, 0.2) is 0 Å². The van der Waals surface area contributed by atoms with Crippen LogP contribution >= 0.6 is 11.3 Å². The summed E-state index contributed by atoms with van der Waals surface area (Å²) in [5.74, 6) is -0.605. The summed E-state index contributed by atoms with van der Waals surface area (Å²) in [6.45, 7) is 0. The molecule has 2 N–H and O–H groups in total. The molecule has 1 heterocycles. The number of carbonyl (C=O) groups excluding carboxylic acids is 1. The van der Waals surface area contributed by atoms with Crippen LogP contribution in [0.25, 0.3) is 10.4 Å². The van der Waals surface area contributed by atoms with Gasteiger partial charge in [-0.1, -0.05) is 6.07 Å². The lowest BCUT2D eigenvalue weighted by molar-refractivity contribution is 0.100. The number of benzene rings is 1. The van der Waals surface area contributed by atoms with Gasteiger partial charge in [-0.3, -0.25) is 4.79 Å². The Hall–Kier alpha value is -1.68. The van der Waals surface area contributed by atoms with Gasteiger partial charge in [0.25, 0.3) is 5.91 Å². The normalized spacial score (nSPS) is 13.0. The molecule has 1 aromatic carbocycles. The quantitative estimate of drug-likeness (QED) is 0.827. The van der Waals surface area contributed by atoms with E-state index in [0.29, 0.717) is 4.88 Å². The molecule has 0 saturated heterocycles. The van der Waals surface area contributed by atoms with Gasteiger partial charge < -0.3 is 5.73 Å². The molecule has 0 saturated carbocycles. The highest BCUT2D eigenvalue weighted by molar-refractivity contribution is 7.17. The van der Waals surface area contributed by atoms with Crippen LogP contribution in [0.3, 0.4) is 0 Å². The lowest BCUT2D eigenvalue weighted by Gasteiger charge is -2.15. The minimum atomic E-state index is -0.395. The van der Waals surface area contributed by atoms with E-state index in [2.05, 4.69) is 0 Å². The van der Waals surface area contributed by atoms with Crippen molar-refractivity contribution in [1.29, 1.82) is 0 Å². The zero-order valence-electron chi connectivity index (χ0n) is 9.00. The lowest BCUT2D eigenvalue weighted by atomic mass is 9.91. The smallest absolute Gasteiger partial charge is 0.258 e. The van der Waals surface area contributed by atoms with Gasteiger partial charge in [0.05, 0.1) is 4.88 Å². The molecule has 0 radical (unpaired) electrons. The number of aryl methyl sites for hydroxylation is 2. The fraction of sp³-hybridized carbons (Fsp3) is 0.154. The van der Waals surface area contributed by atoms with E-state index in [1.54, 1.807) is 12.1 Å². The second-order valence-electron chi connectivity index (χ2n) is 4.13. The van der Waals surface area contributed by atoms with Crippen LogP contribution in [-0.2, 0) is 12.8 Å². The lowest BCUT2D eigenvalue weighted by Crippen LogP contribution is -2.08. The second kappa shape index (κ2) is 3.67. The average Bonchev–Trinajstić information content (AvgIpc) is 2.72. The molecule has 0 atom stereocenters. The molecule has 1 aliphatic rings. The maximum absolute atomic E-state index is 13.1. The standard InChI is InChI=1S/C13H10FNOS/c14-9-3-4-10-7(5-9)1-2-8-6-11(13(15)16)17-12(8)10/h3-6H,1-2H2,(H2,15,16). The second-order valence-corrected chi connectivity index (χ2v) is 5.18. The number of thiophene rings is 1. The van der Waals surface area contributed by atoms with Gasteiger partial charge in [-0.15, -0.1) is 11.3 Å². The van der Waals surface area contributed by atoms with Gasteiger partial charge in [0.2, 0.25) is 0 Å². The molecule has 1 aromatic heterocycles. The number of hydrogen-bond acceptors (Lipinski definition) is 2. The van der Waals surface area contributed by atoms with Crippen LogP contribution in [0.1, 0.15) is 20.8 Å². The maximum atomic E-state index is 13.1. The fourth-order valence-corrected chi connectivity index (χ4v) is 3.35. The molecular formula is C13H10FNOS. The predicted octanol–water partition coefficient (Wildman–Crippen LogP) is 2.75. The van der Waals surface area contributed by atoms with Crippen LogP contribution in [0.5, 0.6) is 0 Å². The van der Waals surface area contributed by atoms with Crippen molar-refractivity contribution < 1.29 is 9.18 Å². The van der Waals surface area contributed by atoms with Crippen molar-refractivity contribution in [3.63, 3.8) is 0 Å². The van der Waals surface area contributed by atoms with Crippen LogP contribution in [0.15, 0.2) is 24.3 Å². The largest absolute Gasteiger partial charge is 0.365 e. The van der Waals surface area contributed by atoms with Crippen LogP contribution in [0, 0.1) is 5.82 Å². The summed E-state index contributed by atoms with van der Waals surface area (Å²) in [5.41, 5.74) is 8.47. The molecule has 2 aromatic rings. The van der Waals surface area contributed by atoms with Gasteiger partial charge in [0, 0.05) is 4.88 Å². The molecule has 17 heavy (non-hydrogen) atoms. The van der Waals surface area contributed by atoms with Crippen LogP contribution in [0.2, 0.25) is 0 Å². The molecule has 3 rings (SSSR count). The Kier molecular flexibility index (Phi) is 2.26. The number of hydrogen-bond donors (Lipinski definition) is 1. The molecule has 0 unspecified atom stereocenters. The highest BCUT2D eigenvalue weighted by Gasteiger charge is 2.20. The Bertz CT molecular complexity index is 618. The Morgan fingerprint density at radius 2 is 2.00 bits per heavy atom. The van der Waals surface area contributed by atoms with E-state index >= 15 is 0 Å². The summed E-state index contributed by atoms with van der Waals surface area (Å²) in [6.07, 6.45) is 1.66. The Morgan fingerprint density at radius 1 is 1.24 bits per heavy atom. The first kappa shape index (κ1) is 10.5. The van der Waals surface area contributed by atoms with Crippen LogP contribution < -0.4 is 5.73 Å². The van der Waals surface area contributed by atoms with Crippen molar-refractivity contribution in [2.45, 2.75) is 12.8 Å². The Balaban J connectivity index is 2.19. The van der Waals surface area contributed by atoms with Gasteiger partial charge >= 0.3 is 0 Å². The number of halogens is 1. The first-order chi connectivity index (χ1) is 8.15. The molecule has 4 heteroatoms. The fourth-order valence-electron chi connectivity index (χ4n) is 2.22. The summed E-state index contributed by atoms with van der Waals surface area (Å²) in [5, 5.41) is 0. The molecule has 1 amide bonds. The monoisotopic (exact) mass is 247 g/mol. The zero-order valence-corrected chi connectivity index (χ0v) is 9.81. The number of primary amides is 1. The van der Waals surface area contributed by atoms with E-state index in [4.69, 9.17) is 5.73 Å². The summed E-state index contributed by atoms with van der Waals surface area (Å²) in [7, 11) is 0.